The lowest BCUT2D eigenvalue weighted by atomic mass is 10.1. The van der Waals surface area contributed by atoms with Crippen molar-refractivity contribution in [2.75, 3.05) is 31.9 Å². The molecule has 4 nitrogen and oxygen atoms in total. The highest BCUT2D eigenvalue weighted by molar-refractivity contribution is 7.80. The van der Waals surface area contributed by atoms with Gasteiger partial charge in [-0.25, -0.2) is 0 Å². The van der Waals surface area contributed by atoms with Gasteiger partial charge >= 0.3 is 11.8 Å². The second-order valence-corrected chi connectivity index (χ2v) is 4.87. The Bertz CT molecular complexity index is 280. The highest BCUT2D eigenvalue weighted by atomic mass is 32.1. The number of rotatable bonds is 6. The molecular formula is C12H22N2O2S. The first-order chi connectivity index (χ1) is 8.13. The minimum Gasteiger partial charge on any atom is -0.333 e. The molecule has 1 fully saturated rings. The van der Waals surface area contributed by atoms with Gasteiger partial charge < -0.3 is 9.80 Å². The zero-order chi connectivity index (χ0) is 12.8. The molecule has 0 aromatic heterocycles. The van der Waals surface area contributed by atoms with E-state index >= 15 is 0 Å². The molecule has 0 radical (unpaired) electrons. The van der Waals surface area contributed by atoms with E-state index in [1.165, 1.54) is 0 Å². The van der Waals surface area contributed by atoms with Crippen LogP contribution < -0.4 is 0 Å². The molecule has 0 bridgehead atoms. The Hall–Kier alpha value is -0.710. The summed E-state index contributed by atoms with van der Waals surface area (Å²) in [5.41, 5.74) is 0. The summed E-state index contributed by atoms with van der Waals surface area (Å²) in [5.74, 6) is 0.456. The van der Waals surface area contributed by atoms with Gasteiger partial charge in [0.25, 0.3) is 0 Å². The molecular weight excluding hydrogens is 236 g/mol. The highest BCUT2D eigenvalue weighted by Gasteiger charge is 2.32. The number of amides is 2. The fourth-order valence-corrected chi connectivity index (χ4v) is 2.37. The highest BCUT2D eigenvalue weighted by Crippen LogP contribution is 2.12. The Kier molecular flexibility index (Phi) is 5.82. The van der Waals surface area contributed by atoms with Crippen LogP contribution in [-0.4, -0.2) is 53.5 Å². The van der Waals surface area contributed by atoms with E-state index in [1.807, 2.05) is 6.92 Å². The second-order valence-electron chi connectivity index (χ2n) is 4.50. The van der Waals surface area contributed by atoms with Crippen molar-refractivity contribution in [2.24, 2.45) is 5.92 Å². The Labute approximate surface area is 109 Å². The number of thiol groups is 1. The molecule has 1 saturated heterocycles. The molecule has 1 aliphatic rings. The van der Waals surface area contributed by atoms with Gasteiger partial charge in [-0.15, -0.1) is 0 Å². The van der Waals surface area contributed by atoms with E-state index in [0.717, 1.165) is 18.6 Å². The summed E-state index contributed by atoms with van der Waals surface area (Å²) in [6.07, 6.45) is 1.88. The van der Waals surface area contributed by atoms with Gasteiger partial charge in [-0.1, -0.05) is 20.3 Å². The quantitative estimate of drug-likeness (QED) is 0.571. The topological polar surface area (TPSA) is 40.6 Å². The maximum absolute atomic E-state index is 11.9. The van der Waals surface area contributed by atoms with Crippen LogP contribution in [0.1, 0.15) is 26.7 Å². The molecule has 1 unspecified atom stereocenters. The summed E-state index contributed by atoms with van der Waals surface area (Å²) >= 11 is 4.27. The number of nitrogens with zero attached hydrogens (tertiary/aromatic N) is 2. The van der Waals surface area contributed by atoms with Crippen LogP contribution in [0.5, 0.6) is 0 Å². The molecule has 0 spiro atoms. The third-order valence-electron chi connectivity index (χ3n) is 3.20. The largest absolute Gasteiger partial charge is 0.333 e. The van der Waals surface area contributed by atoms with Crippen molar-refractivity contribution in [1.82, 2.24) is 9.80 Å². The number of carbonyl (C=O) groups excluding carboxylic acids is 2. The molecule has 0 aliphatic carbocycles. The maximum Gasteiger partial charge on any atom is 0.312 e. The monoisotopic (exact) mass is 258 g/mol. The average molecular weight is 258 g/mol. The van der Waals surface area contributed by atoms with E-state index in [1.54, 1.807) is 9.80 Å². The Morgan fingerprint density at radius 2 is 1.76 bits per heavy atom. The van der Waals surface area contributed by atoms with Crippen LogP contribution in [0.25, 0.3) is 0 Å². The smallest absolute Gasteiger partial charge is 0.312 e. The zero-order valence-electron chi connectivity index (χ0n) is 10.7. The van der Waals surface area contributed by atoms with Gasteiger partial charge in [0, 0.05) is 26.2 Å². The summed E-state index contributed by atoms with van der Waals surface area (Å²) in [7, 11) is 0. The third-order valence-corrected chi connectivity index (χ3v) is 3.72. The first-order valence-electron chi connectivity index (χ1n) is 6.33. The molecule has 0 saturated carbocycles. The molecule has 98 valence electrons. The van der Waals surface area contributed by atoms with Gasteiger partial charge in [-0.3, -0.25) is 9.59 Å². The van der Waals surface area contributed by atoms with Crippen LogP contribution in [0.15, 0.2) is 0 Å². The summed E-state index contributed by atoms with van der Waals surface area (Å²) in [5, 5.41) is 0. The first-order valence-corrected chi connectivity index (χ1v) is 6.96. The van der Waals surface area contributed by atoms with Crippen molar-refractivity contribution >= 4 is 24.4 Å². The predicted octanol–water partition coefficient (Wildman–Crippen LogP) is 1.02. The van der Waals surface area contributed by atoms with E-state index in [4.69, 9.17) is 0 Å². The van der Waals surface area contributed by atoms with Gasteiger partial charge in [-0.2, -0.15) is 12.6 Å². The second kappa shape index (κ2) is 6.89. The van der Waals surface area contributed by atoms with Gasteiger partial charge in [-0.05, 0) is 18.1 Å². The van der Waals surface area contributed by atoms with Crippen LogP contribution in [0.4, 0.5) is 0 Å². The summed E-state index contributed by atoms with van der Waals surface area (Å²) in [4.78, 5) is 27.0. The minimum absolute atomic E-state index is 0.341. The molecule has 0 aromatic rings. The molecule has 1 rings (SSSR count). The van der Waals surface area contributed by atoms with Gasteiger partial charge in [0.05, 0.1) is 0 Å². The lowest BCUT2D eigenvalue weighted by Crippen LogP contribution is -2.55. The van der Waals surface area contributed by atoms with Crippen molar-refractivity contribution < 1.29 is 9.59 Å². The van der Waals surface area contributed by atoms with Gasteiger partial charge in [0.2, 0.25) is 0 Å². The molecule has 1 aliphatic heterocycles. The van der Waals surface area contributed by atoms with Crippen LogP contribution in [0.2, 0.25) is 0 Å². The number of hydrogen-bond acceptors (Lipinski definition) is 3. The fraction of sp³-hybridized carbons (Fsp3) is 0.833. The Morgan fingerprint density at radius 1 is 1.18 bits per heavy atom. The predicted molar refractivity (Wildman–Crippen MR) is 71.1 cm³/mol. The molecule has 1 atom stereocenters. The SMILES string of the molecule is CCCN1CCN(CC(CC)CS)C(=O)C1=O. The van der Waals surface area contributed by atoms with Crippen molar-refractivity contribution in [3.8, 4) is 0 Å². The number of piperazine rings is 1. The third kappa shape index (κ3) is 3.63. The van der Waals surface area contributed by atoms with Crippen LogP contribution in [-0.2, 0) is 9.59 Å². The lowest BCUT2D eigenvalue weighted by molar-refractivity contribution is -0.156. The van der Waals surface area contributed by atoms with E-state index in [0.29, 0.717) is 32.1 Å². The molecule has 2 amide bonds. The van der Waals surface area contributed by atoms with Crippen LogP contribution >= 0.6 is 12.6 Å². The van der Waals surface area contributed by atoms with Crippen molar-refractivity contribution in [3.63, 3.8) is 0 Å². The van der Waals surface area contributed by atoms with Gasteiger partial charge in [0.1, 0.15) is 0 Å². The summed E-state index contributed by atoms with van der Waals surface area (Å²) < 4.78 is 0. The molecule has 0 N–H and O–H groups in total. The van der Waals surface area contributed by atoms with Crippen molar-refractivity contribution in [1.29, 1.82) is 0 Å². The van der Waals surface area contributed by atoms with Crippen molar-refractivity contribution in [2.45, 2.75) is 26.7 Å². The fourth-order valence-electron chi connectivity index (χ4n) is 2.00. The normalized spacial score (nSPS) is 18.8. The zero-order valence-corrected chi connectivity index (χ0v) is 11.6. The van der Waals surface area contributed by atoms with Crippen LogP contribution in [0, 0.1) is 5.92 Å². The lowest BCUT2D eigenvalue weighted by Gasteiger charge is -2.35. The number of carbonyl (C=O) groups is 2. The molecule has 17 heavy (non-hydrogen) atoms. The molecule has 5 heteroatoms. The molecule has 0 aromatic carbocycles. The van der Waals surface area contributed by atoms with E-state index < -0.39 is 0 Å². The first kappa shape index (κ1) is 14.4. The van der Waals surface area contributed by atoms with E-state index in [-0.39, 0.29) is 11.8 Å². The standard InChI is InChI=1S/C12H22N2O2S/c1-3-5-13-6-7-14(12(16)11(13)15)8-10(4-2)9-17/h10,17H,3-9H2,1-2H3. The maximum atomic E-state index is 11.9. The summed E-state index contributed by atoms with van der Waals surface area (Å²) in [6, 6.07) is 0. The average Bonchev–Trinajstić information content (AvgIpc) is 2.34. The van der Waals surface area contributed by atoms with Crippen molar-refractivity contribution in [3.05, 3.63) is 0 Å². The van der Waals surface area contributed by atoms with Gasteiger partial charge in [0.15, 0.2) is 0 Å². The Morgan fingerprint density at radius 3 is 2.29 bits per heavy atom. The Balaban J connectivity index is 2.56. The summed E-state index contributed by atoms with van der Waals surface area (Å²) in [6.45, 7) is 6.77. The van der Waals surface area contributed by atoms with E-state index in [9.17, 15) is 9.59 Å². The van der Waals surface area contributed by atoms with E-state index in [2.05, 4.69) is 19.6 Å². The minimum atomic E-state index is -0.343. The molecule has 1 heterocycles. The van der Waals surface area contributed by atoms with Crippen LogP contribution in [0.3, 0.4) is 0 Å². The number of hydrogen-bond donors (Lipinski definition) is 1.